The summed E-state index contributed by atoms with van der Waals surface area (Å²) in [6.07, 6.45) is 3.31. The molecular formula is C20H21N5O2S. The molecule has 0 fully saturated rings. The van der Waals surface area contributed by atoms with Crippen LogP contribution in [0.15, 0.2) is 46.7 Å². The number of carbonyl (C=O) groups is 1. The van der Waals surface area contributed by atoms with Crippen LogP contribution in [0.3, 0.4) is 0 Å². The number of nitrogens with one attached hydrogen (secondary N) is 1. The van der Waals surface area contributed by atoms with Crippen LogP contribution in [0, 0.1) is 0 Å². The lowest BCUT2D eigenvalue weighted by Crippen LogP contribution is -2.36. The molecule has 4 aromatic heterocycles. The Labute approximate surface area is 165 Å². The molecule has 4 aromatic rings. The van der Waals surface area contributed by atoms with Crippen LogP contribution in [0.1, 0.15) is 37.8 Å². The van der Waals surface area contributed by atoms with Gasteiger partial charge in [0, 0.05) is 18.0 Å². The number of thiophene rings is 1. The van der Waals surface area contributed by atoms with Crippen LogP contribution in [0.5, 0.6) is 0 Å². The second-order valence-electron chi connectivity index (χ2n) is 6.72. The molecule has 8 heteroatoms. The number of pyridine rings is 1. The Kier molecular flexibility index (Phi) is 4.95. The summed E-state index contributed by atoms with van der Waals surface area (Å²) < 4.78 is 3.20. The highest BCUT2D eigenvalue weighted by Crippen LogP contribution is 2.25. The smallest absolute Gasteiger partial charge is 0.291 e. The molecule has 28 heavy (non-hydrogen) atoms. The van der Waals surface area contributed by atoms with E-state index in [0.29, 0.717) is 5.52 Å². The largest absolute Gasteiger partial charge is 0.346 e. The van der Waals surface area contributed by atoms with Gasteiger partial charge in [-0.1, -0.05) is 13.0 Å². The first-order valence-corrected chi connectivity index (χ1v) is 10.2. The van der Waals surface area contributed by atoms with E-state index in [1.54, 1.807) is 17.5 Å². The molecule has 1 atom stereocenters. The van der Waals surface area contributed by atoms with E-state index in [-0.39, 0.29) is 24.1 Å². The van der Waals surface area contributed by atoms with Crippen molar-refractivity contribution >= 4 is 33.0 Å². The number of aromatic nitrogens is 4. The number of nitrogens with zero attached hydrogens (tertiary/aromatic N) is 4. The second-order valence-corrected chi connectivity index (χ2v) is 7.61. The highest BCUT2D eigenvalue weighted by atomic mass is 32.1. The van der Waals surface area contributed by atoms with Crippen molar-refractivity contribution in [1.29, 1.82) is 0 Å². The van der Waals surface area contributed by atoms with Gasteiger partial charge in [0.1, 0.15) is 22.7 Å². The first-order chi connectivity index (χ1) is 13.6. The molecule has 4 heterocycles. The fourth-order valence-electron chi connectivity index (χ4n) is 3.32. The Morgan fingerprint density at radius 2 is 2.18 bits per heavy atom. The molecule has 0 aliphatic carbocycles. The maximum Gasteiger partial charge on any atom is 0.291 e. The van der Waals surface area contributed by atoms with Crippen molar-refractivity contribution in [3.8, 4) is 0 Å². The molecule has 0 unspecified atom stereocenters. The third-order valence-corrected chi connectivity index (χ3v) is 5.55. The summed E-state index contributed by atoms with van der Waals surface area (Å²) in [5.41, 5.74) is 1.07. The zero-order valence-corrected chi connectivity index (χ0v) is 16.6. The van der Waals surface area contributed by atoms with Crippen molar-refractivity contribution < 1.29 is 4.79 Å². The number of fused-ring (bicyclic) bond motifs is 3. The molecule has 0 radical (unpaired) electrons. The molecule has 7 nitrogen and oxygen atoms in total. The van der Waals surface area contributed by atoms with Crippen LogP contribution in [0.2, 0.25) is 0 Å². The van der Waals surface area contributed by atoms with Gasteiger partial charge in [0.2, 0.25) is 5.91 Å². The predicted molar refractivity (Wildman–Crippen MR) is 110 cm³/mol. The average molecular weight is 395 g/mol. The minimum Gasteiger partial charge on any atom is -0.346 e. The van der Waals surface area contributed by atoms with Gasteiger partial charge in [-0.15, -0.1) is 11.3 Å². The standard InChI is InChI=1S/C20H21N5O2S/c1-3-6-17-23-24(12-18(26)22-13(2)15-7-4-5-9-21-15)19(27)16-11-14-8-10-28-20(14)25(16)17/h4-5,7-11,13H,3,6,12H2,1-2H3,(H,22,26)/t13-/m0/s1. The van der Waals surface area contributed by atoms with E-state index in [1.165, 1.54) is 4.68 Å². The van der Waals surface area contributed by atoms with Crippen molar-refractivity contribution in [3.63, 3.8) is 0 Å². The monoisotopic (exact) mass is 395 g/mol. The summed E-state index contributed by atoms with van der Waals surface area (Å²) >= 11 is 1.59. The SMILES string of the molecule is CCCc1nn(CC(=O)N[C@@H](C)c2ccccn2)c(=O)c2cc3ccsc3n12. The van der Waals surface area contributed by atoms with Gasteiger partial charge in [0.25, 0.3) is 5.56 Å². The van der Waals surface area contributed by atoms with Gasteiger partial charge in [0.05, 0.1) is 11.7 Å². The van der Waals surface area contributed by atoms with Crippen LogP contribution >= 0.6 is 11.3 Å². The predicted octanol–water partition coefficient (Wildman–Crippen LogP) is 2.94. The third kappa shape index (κ3) is 3.31. The molecule has 0 bridgehead atoms. The molecule has 4 rings (SSSR count). The lowest BCUT2D eigenvalue weighted by molar-refractivity contribution is -0.122. The quantitative estimate of drug-likeness (QED) is 0.544. The van der Waals surface area contributed by atoms with Gasteiger partial charge in [-0.25, -0.2) is 4.68 Å². The Balaban J connectivity index is 1.65. The van der Waals surface area contributed by atoms with Crippen LogP contribution in [-0.4, -0.2) is 25.1 Å². The van der Waals surface area contributed by atoms with Crippen molar-refractivity contribution in [1.82, 2.24) is 24.5 Å². The summed E-state index contributed by atoms with van der Waals surface area (Å²) in [6.45, 7) is 3.81. The molecule has 144 valence electrons. The van der Waals surface area contributed by atoms with Crippen molar-refractivity contribution in [2.75, 3.05) is 0 Å². The highest BCUT2D eigenvalue weighted by Gasteiger charge is 2.17. The molecule has 1 amide bonds. The van der Waals surface area contributed by atoms with E-state index in [9.17, 15) is 9.59 Å². The van der Waals surface area contributed by atoms with E-state index in [0.717, 1.165) is 34.6 Å². The Morgan fingerprint density at radius 3 is 2.93 bits per heavy atom. The zero-order valence-electron chi connectivity index (χ0n) is 15.8. The highest BCUT2D eigenvalue weighted by molar-refractivity contribution is 7.16. The van der Waals surface area contributed by atoms with Crippen molar-refractivity contribution in [3.05, 3.63) is 63.8 Å². The summed E-state index contributed by atoms with van der Waals surface area (Å²) in [5, 5.41) is 10.4. The van der Waals surface area contributed by atoms with Crippen molar-refractivity contribution in [2.45, 2.75) is 39.3 Å². The Morgan fingerprint density at radius 1 is 1.32 bits per heavy atom. The summed E-state index contributed by atoms with van der Waals surface area (Å²) in [4.78, 5) is 30.7. The maximum atomic E-state index is 12.9. The third-order valence-electron chi connectivity index (χ3n) is 4.63. The van der Waals surface area contributed by atoms with E-state index in [1.807, 2.05) is 47.0 Å². The Hall–Kier alpha value is -3.00. The van der Waals surface area contributed by atoms with Gasteiger partial charge in [-0.3, -0.25) is 19.0 Å². The lowest BCUT2D eigenvalue weighted by Gasteiger charge is -2.14. The molecule has 0 aliphatic rings. The van der Waals surface area contributed by atoms with Crippen LogP contribution in [-0.2, 0) is 17.8 Å². The fourth-order valence-corrected chi connectivity index (χ4v) is 4.24. The van der Waals surface area contributed by atoms with E-state index < -0.39 is 0 Å². The average Bonchev–Trinajstić information content (AvgIpc) is 3.27. The minimum absolute atomic E-state index is 0.123. The van der Waals surface area contributed by atoms with Crippen LogP contribution < -0.4 is 10.9 Å². The maximum absolute atomic E-state index is 12.9. The van der Waals surface area contributed by atoms with Gasteiger partial charge >= 0.3 is 0 Å². The number of carbonyl (C=O) groups excluding carboxylic acids is 1. The summed E-state index contributed by atoms with van der Waals surface area (Å²) in [7, 11) is 0. The molecule has 1 N–H and O–H groups in total. The van der Waals surface area contributed by atoms with E-state index >= 15 is 0 Å². The van der Waals surface area contributed by atoms with E-state index in [2.05, 4.69) is 22.3 Å². The van der Waals surface area contributed by atoms with E-state index in [4.69, 9.17) is 0 Å². The van der Waals surface area contributed by atoms with Crippen LogP contribution in [0.25, 0.3) is 15.7 Å². The molecule has 0 aliphatic heterocycles. The molecule has 0 spiro atoms. The Bertz CT molecular complexity index is 1190. The summed E-state index contributed by atoms with van der Waals surface area (Å²) in [6, 6.07) is 9.18. The van der Waals surface area contributed by atoms with Gasteiger partial charge in [-0.05, 0) is 43.0 Å². The van der Waals surface area contributed by atoms with Gasteiger partial charge in [0.15, 0.2) is 0 Å². The van der Waals surface area contributed by atoms with Gasteiger partial charge < -0.3 is 5.32 Å². The number of aryl methyl sites for hydroxylation is 1. The number of rotatable bonds is 6. The molecule has 0 saturated heterocycles. The number of hydrogen-bond acceptors (Lipinski definition) is 5. The summed E-state index contributed by atoms with van der Waals surface area (Å²) in [5.74, 6) is 0.521. The molecule has 0 saturated carbocycles. The zero-order chi connectivity index (χ0) is 19.7. The number of hydrogen-bond donors (Lipinski definition) is 1. The topological polar surface area (TPSA) is 81.3 Å². The van der Waals surface area contributed by atoms with Crippen molar-refractivity contribution in [2.24, 2.45) is 0 Å². The number of amides is 1. The first kappa shape index (κ1) is 18.4. The lowest BCUT2D eigenvalue weighted by atomic mass is 10.2. The minimum atomic E-state index is -0.270. The second kappa shape index (κ2) is 7.55. The molecular weight excluding hydrogens is 374 g/mol. The first-order valence-electron chi connectivity index (χ1n) is 9.27. The fraction of sp³-hybridized carbons (Fsp3) is 0.300. The van der Waals surface area contributed by atoms with Gasteiger partial charge in [-0.2, -0.15) is 5.10 Å². The van der Waals surface area contributed by atoms with Crippen LogP contribution in [0.4, 0.5) is 0 Å². The normalized spacial score (nSPS) is 12.5. The molecule has 0 aromatic carbocycles.